The summed E-state index contributed by atoms with van der Waals surface area (Å²) in [6.07, 6.45) is 2.18. The lowest BCUT2D eigenvalue weighted by Gasteiger charge is -2.02. The smallest absolute Gasteiger partial charge is 0.230 e. The minimum absolute atomic E-state index is 0.109. The summed E-state index contributed by atoms with van der Waals surface area (Å²) in [6, 6.07) is 7.73. The van der Waals surface area contributed by atoms with Crippen LogP contribution in [0.4, 0.5) is 5.82 Å². The molecule has 3 aromatic rings. The zero-order valence-electron chi connectivity index (χ0n) is 11.4. The molecule has 0 saturated heterocycles. The maximum Gasteiger partial charge on any atom is 0.230 e. The highest BCUT2D eigenvalue weighted by molar-refractivity contribution is 5.96. The Kier molecular flexibility index (Phi) is 3.02. The number of fused-ring (bicyclic) bond motifs is 1. The van der Waals surface area contributed by atoms with Crippen molar-refractivity contribution in [3.8, 4) is 0 Å². The summed E-state index contributed by atoms with van der Waals surface area (Å²) >= 11 is 0. The molecule has 0 saturated carbocycles. The molecule has 2 N–H and O–H groups in total. The lowest BCUT2D eigenvalue weighted by atomic mass is 10.1. The van der Waals surface area contributed by atoms with Gasteiger partial charge >= 0.3 is 0 Å². The van der Waals surface area contributed by atoms with Crippen molar-refractivity contribution in [1.29, 1.82) is 0 Å². The van der Waals surface area contributed by atoms with E-state index < -0.39 is 0 Å². The van der Waals surface area contributed by atoms with Crippen molar-refractivity contribution in [3.63, 3.8) is 0 Å². The fourth-order valence-electron chi connectivity index (χ4n) is 2.38. The van der Waals surface area contributed by atoms with Crippen LogP contribution in [0.3, 0.4) is 0 Å². The van der Waals surface area contributed by atoms with E-state index in [1.165, 1.54) is 0 Å². The van der Waals surface area contributed by atoms with E-state index in [0.717, 1.165) is 22.0 Å². The Morgan fingerprint density at radius 3 is 3.00 bits per heavy atom. The maximum atomic E-state index is 12.0. The second kappa shape index (κ2) is 4.85. The van der Waals surface area contributed by atoms with Crippen LogP contribution in [0.1, 0.15) is 16.9 Å². The van der Waals surface area contributed by atoms with Crippen molar-refractivity contribution in [3.05, 3.63) is 47.3 Å². The van der Waals surface area contributed by atoms with Crippen LogP contribution < -0.4 is 5.32 Å². The van der Waals surface area contributed by atoms with Crippen molar-refractivity contribution in [2.24, 2.45) is 0 Å². The highest BCUT2D eigenvalue weighted by atomic mass is 16.5. The van der Waals surface area contributed by atoms with Crippen molar-refractivity contribution in [1.82, 2.24) is 10.1 Å². The first kappa shape index (κ1) is 12.5. The van der Waals surface area contributed by atoms with Gasteiger partial charge in [0.15, 0.2) is 5.82 Å². The molecule has 0 fully saturated rings. The molecule has 0 radical (unpaired) electrons. The normalized spacial score (nSPS) is 10.9. The highest BCUT2D eigenvalue weighted by Gasteiger charge is 2.12. The second-order valence-electron chi connectivity index (χ2n) is 4.86. The molecule has 0 bridgehead atoms. The van der Waals surface area contributed by atoms with Crippen LogP contribution >= 0.6 is 0 Å². The van der Waals surface area contributed by atoms with E-state index in [1.54, 1.807) is 13.0 Å². The van der Waals surface area contributed by atoms with E-state index in [9.17, 15) is 4.79 Å². The Morgan fingerprint density at radius 1 is 1.40 bits per heavy atom. The van der Waals surface area contributed by atoms with Gasteiger partial charge in [-0.15, -0.1) is 0 Å². The van der Waals surface area contributed by atoms with Gasteiger partial charge < -0.3 is 14.8 Å². The average molecular weight is 269 g/mol. The van der Waals surface area contributed by atoms with Gasteiger partial charge in [0.1, 0.15) is 5.76 Å². The predicted octanol–water partition coefficient (Wildman–Crippen LogP) is 2.95. The Balaban J connectivity index is 1.81. The van der Waals surface area contributed by atoms with E-state index in [0.29, 0.717) is 18.0 Å². The number of H-pyrrole nitrogens is 1. The first-order valence-electron chi connectivity index (χ1n) is 6.42. The molecule has 0 aliphatic rings. The van der Waals surface area contributed by atoms with Crippen LogP contribution in [0.5, 0.6) is 0 Å². The Bertz CT molecular complexity index is 770. The van der Waals surface area contributed by atoms with Crippen molar-refractivity contribution < 1.29 is 9.32 Å². The first-order chi connectivity index (χ1) is 9.63. The molecule has 2 heterocycles. The summed E-state index contributed by atoms with van der Waals surface area (Å²) in [6.45, 7) is 3.82. The van der Waals surface area contributed by atoms with Crippen molar-refractivity contribution >= 4 is 22.6 Å². The molecule has 1 aromatic carbocycles. The molecule has 0 atom stereocenters. The van der Waals surface area contributed by atoms with Crippen LogP contribution in [0.25, 0.3) is 10.9 Å². The number of nitrogens with one attached hydrogen (secondary N) is 2. The third kappa shape index (κ3) is 2.30. The second-order valence-corrected chi connectivity index (χ2v) is 4.86. The van der Waals surface area contributed by atoms with E-state index in [2.05, 4.69) is 15.5 Å². The number of amides is 1. The molecule has 1 amide bonds. The summed E-state index contributed by atoms with van der Waals surface area (Å²) in [4.78, 5) is 15.2. The largest absolute Gasteiger partial charge is 0.361 e. The minimum Gasteiger partial charge on any atom is -0.361 e. The average Bonchev–Trinajstić information content (AvgIpc) is 2.97. The van der Waals surface area contributed by atoms with Gasteiger partial charge in [-0.3, -0.25) is 4.79 Å². The molecule has 0 aliphatic heterocycles. The summed E-state index contributed by atoms with van der Waals surface area (Å²) < 4.78 is 4.92. The van der Waals surface area contributed by atoms with Crippen molar-refractivity contribution in [2.75, 3.05) is 5.32 Å². The van der Waals surface area contributed by atoms with Crippen LogP contribution in [-0.4, -0.2) is 16.0 Å². The summed E-state index contributed by atoms with van der Waals surface area (Å²) in [5.41, 5.74) is 3.18. The van der Waals surface area contributed by atoms with E-state index in [4.69, 9.17) is 4.52 Å². The minimum atomic E-state index is -0.109. The molecular formula is C15H15N3O2. The molecule has 5 nitrogen and oxygen atoms in total. The standard InChI is InChI=1S/C15H15N3O2/c1-9-4-3-5-12-15(9)11(8-16-12)7-14(19)17-13-6-10(2)20-18-13/h3-6,8,16H,7H2,1-2H3,(H,17,18,19). The molecule has 102 valence electrons. The van der Waals surface area contributed by atoms with Gasteiger partial charge in [0, 0.05) is 23.2 Å². The topological polar surface area (TPSA) is 70.9 Å². The Hall–Kier alpha value is -2.56. The van der Waals surface area contributed by atoms with Crippen LogP contribution in [0.2, 0.25) is 0 Å². The Morgan fingerprint density at radius 2 is 2.25 bits per heavy atom. The third-order valence-electron chi connectivity index (χ3n) is 3.24. The number of aromatic nitrogens is 2. The zero-order chi connectivity index (χ0) is 14.1. The van der Waals surface area contributed by atoms with E-state index in [1.807, 2.05) is 31.3 Å². The third-order valence-corrected chi connectivity index (χ3v) is 3.24. The lowest BCUT2D eigenvalue weighted by Crippen LogP contribution is -2.14. The molecule has 2 aromatic heterocycles. The number of anilines is 1. The van der Waals surface area contributed by atoms with Crippen LogP contribution in [0.15, 0.2) is 35.0 Å². The summed E-state index contributed by atoms with van der Waals surface area (Å²) in [5, 5.41) is 7.59. The van der Waals surface area contributed by atoms with Gasteiger partial charge in [0.2, 0.25) is 5.91 Å². The Labute approximate surface area is 116 Å². The molecule has 5 heteroatoms. The first-order valence-corrected chi connectivity index (χ1v) is 6.42. The number of rotatable bonds is 3. The molecule has 3 rings (SSSR count). The molecule has 0 spiro atoms. The number of nitrogens with zero attached hydrogens (tertiary/aromatic N) is 1. The van der Waals surface area contributed by atoms with Crippen molar-refractivity contribution in [2.45, 2.75) is 20.3 Å². The number of benzene rings is 1. The van der Waals surface area contributed by atoms with Gasteiger partial charge in [-0.05, 0) is 31.0 Å². The number of carbonyl (C=O) groups excluding carboxylic acids is 1. The van der Waals surface area contributed by atoms with Gasteiger partial charge in [-0.25, -0.2) is 0 Å². The van der Waals surface area contributed by atoms with Gasteiger partial charge in [-0.1, -0.05) is 17.3 Å². The predicted molar refractivity (Wildman–Crippen MR) is 76.6 cm³/mol. The quantitative estimate of drug-likeness (QED) is 0.768. The summed E-state index contributed by atoms with van der Waals surface area (Å²) in [5.74, 6) is 1.01. The number of aromatic amines is 1. The monoisotopic (exact) mass is 269 g/mol. The van der Waals surface area contributed by atoms with E-state index in [-0.39, 0.29) is 5.91 Å². The van der Waals surface area contributed by atoms with Crippen LogP contribution in [0, 0.1) is 13.8 Å². The lowest BCUT2D eigenvalue weighted by molar-refractivity contribution is -0.115. The fraction of sp³-hybridized carbons (Fsp3) is 0.200. The molecular weight excluding hydrogens is 254 g/mol. The number of carbonyl (C=O) groups is 1. The van der Waals surface area contributed by atoms with Crippen LogP contribution in [-0.2, 0) is 11.2 Å². The number of hydrogen-bond acceptors (Lipinski definition) is 3. The molecule has 20 heavy (non-hydrogen) atoms. The fourth-order valence-corrected chi connectivity index (χ4v) is 2.38. The van der Waals surface area contributed by atoms with Gasteiger partial charge in [0.25, 0.3) is 0 Å². The van der Waals surface area contributed by atoms with Gasteiger partial charge in [0.05, 0.1) is 6.42 Å². The van der Waals surface area contributed by atoms with E-state index >= 15 is 0 Å². The zero-order valence-corrected chi connectivity index (χ0v) is 11.4. The molecule has 0 aliphatic carbocycles. The summed E-state index contributed by atoms with van der Waals surface area (Å²) in [7, 11) is 0. The number of hydrogen-bond donors (Lipinski definition) is 2. The number of aryl methyl sites for hydroxylation is 2. The highest BCUT2D eigenvalue weighted by Crippen LogP contribution is 2.22. The SMILES string of the molecule is Cc1cc(NC(=O)Cc2c[nH]c3cccc(C)c23)no1. The molecule has 0 unspecified atom stereocenters. The maximum absolute atomic E-state index is 12.0. The van der Waals surface area contributed by atoms with Gasteiger partial charge in [-0.2, -0.15) is 0 Å².